The maximum absolute atomic E-state index is 12.5. The summed E-state index contributed by atoms with van der Waals surface area (Å²) in [5, 5.41) is 6.42. The van der Waals surface area contributed by atoms with Gasteiger partial charge in [0.1, 0.15) is 0 Å². The Bertz CT molecular complexity index is 502. The Labute approximate surface area is 119 Å². The van der Waals surface area contributed by atoms with Gasteiger partial charge in [0.05, 0.1) is 11.7 Å². The van der Waals surface area contributed by atoms with Crippen LogP contribution in [0.1, 0.15) is 19.3 Å². The molecule has 1 aliphatic heterocycles. The zero-order valence-electron chi connectivity index (χ0n) is 12.1. The molecule has 1 saturated carbocycles. The number of fused-ring (bicyclic) bond motifs is 1. The summed E-state index contributed by atoms with van der Waals surface area (Å²) in [6.45, 7) is 0.982. The standard InChI is InChI=1S/C15H22N4O/c1-19(2)14-12(7-4-8-16-14)18-15(20)13-11-6-3-5-10(11)9-17-13/h4,7-8,10-11,13,17H,3,5-6,9H2,1-2H3,(H,18,20). The van der Waals surface area contributed by atoms with Crippen molar-refractivity contribution in [1.29, 1.82) is 0 Å². The maximum Gasteiger partial charge on any atom is 0.241 e. The molecule has 1 aliphatic carbocycles. The molecule has 3 rings (SSSR count). The minimum atomic E-state index is -0.0438. The van der Waals surface area contributed by atoms with Gasteiger partial charge in [-0.2, -0.15) is 0 Å². The van der Waals surface area contributed by atoms with Crippen molar-refractivity contribution in [2.75, 3.05) is 30.9 Å². The number of pyridine rings is 1. The molecule has 2 fully saturated rings. The number of nitrogens with one attached hydrogen (secondary N) is 2. The van der Waals surface area contributed by atoms with Crippen LogP contribution in [0.3, 0.4) is 0 Å². The average Bonchev–Trinajstić information content (AvgIpc) is 3.01. The molecule has 5 heteroatoms. The highest BCUT2D eigenvalue weighted by Gasteiger charge is 2.42. The summed E-state index contributed by atoms with van der Waals surface area (Å²) in [4.78, 5) is 18.7. The van der Waals surface area contributed by atoms with Crippen molar-refractivity contribution >= 4 is 17.4 Å². The van der Waals surface area contributed by atoms with Crippen molar-refractivity contribution in [2.45, 2.75) is 25.3 Å². The second-order valence-corrected chi connectivity index (χ2v) is 6.00. The van der Waals surface area contributed by atoms with E-state index in [-0.39, 0.29) is 11.9 Å². The van der Waals surface area contributed by atoms with Crippen molar-refractivity contribution in [2.24, 2.45) is 11.8 Å². The first kappa shape index (κ1) is 13.4. The highest BCUT2D eigenvalue weighted by molar-refractivity contribution is 5.97. The Morgan fingerprint density at radius 1 is 1.45 bits per heavy atom. The van der Waals surface area contributed by atoms with Crippen LogP contribution in [0.2, 0.25) is 0 Å². The van der Waals surface area contributed by atoms with Crippen LogP contribution < -0.4 is 15.5 Å². The van der Waals surface area contributed by atoms with Gasteiger partial charge in [-0.3, -0.25) is 4.79 Å². The molecular formula is C15H22N4O. The molecule has 20 heavy (non-hydrogen) atoms. The third-order valence-electron chi connectivity index (χ3n) is 4.50. The Balaban J connectivity index is 1.73. The van der Waals surface area contributed by atoms with Crippen LogP contribution in [-0.4, -0.2) is 37.6 Å². The van der Waals surface area contributed by atoms with Gasteiger partial charge in [-0.1, -0.05) is 6.42 Å². The van der Waals surface area contributed by atoms with E-state index in [0.717, 1.165) is 18.1 Å². The molecule has 3 unspecified atom stereocenters. The Hall–Kier alpha value is -1.62. The summed E-state index contributed by atoms with van der Waals surface area (Å²) in [6, 6.07) is 3.71. The van der Waals surface area contributed by atoms with Gasteiger partial charge in [0.2, 0.25) is 5.91 Å². The van der Waals surface area contributed by atoms with Crippen molar-refractivity contribution in [1.82, 2.24) is 10.3 Å². The van der Waals surface area contributed by atoms with E-state index in [0.29, 0.717) is 11.8 Å². The highest BCUT2D eigenvalue weighted by Crippen LogP contribution is 2.38. The number of rotatable bonds is 3. The molecule has 2 N–H and O–H groups in total. The van der Waals surface area contributed by atoms with Crippen molar-refractivity contribution < 1.29 is 4.79 Å². The van der Waals surface area contributed by atoms with E-state index in [1.54, 1.807) is 6.20 Å². The number of hydrogen-bond donors (Lipinski definition) is 2. The third kappa shape index (κ3) is 2.38. The first-order valence-electron chi connectivity index (χ1n) is 7.33. The van der Waals surface area contributed by atoms with Gasteiger partial charge in [-0.15, -0.1) is 0 Å². The lowest BCUT2D eigenvalue weighted by atomic mass is 9.93. The Kier molecular flexibility index (Phi) is 3.61. The number of carbonyl (C=O) groups excluding carboxylic acids is 1. The minimum Gasteiger partial charge on any atom is -0.361 e. The number of hydrogen-bond acceptors (Lipinski definition) is 4. The van der Waals surface area contributed by atoms with Crippen molar-refractivity contribution in [3.8, 4) is 0 Å². The van der Waals surface area contributed by atoms with Gasteiger partial charge in [-0.05, 0) is 43.4 Å². The molecule has 108 valence electrons. The van der Waals surface area contributed by atoms with E-state index in [1.165, 1.54) is 19.3 Å². The lowest BCUT2D eigenvalue weighted by Crippen LogP contribution is -2.40. The molecular weight excluding hydrogens is 252 g/mol. The lowest BCUT2D eigenvalue weighted by molar-refractivity contribution is -0.118. The molecule has 1 aromatic rings. The van der Waals surface area contributed by atoms with Gasteiger partial charge < -0.3 is 15.5 Å². The maximum atomic E-state index is 12.5. The van der Waals surface area contributed by atoms with E-state index < -0.39 is 0 Å². The van der Waals surface area contributed by atoms with E-state index >= 15 is 0 Å². The molecule has 5 nitrogen and oxygen atoms in total. The van der Waals surface area contributed by atoms with Gasteiger partial charge in [0.25, 0.3) is 0 Å². The second-order valence-electron chi connectivity index (χ2n) is 6.00. The van der Waals surface area contributed by atoms with Crippen molar-refractivity contribution in [3.05, 3.63) is 18.3 Å². The SMILES string of the molecule is CN(C)c1ncccc1NC(=O)C1NCC2CCCC21. The van der Waals surface area contributed by atoms with Crippen molar-refractivity contribution in [3.63, 3.8) is 0 Å². The third-order valence-corrected chi connectivity index (χ3v) is 4.50. The second kappa shape index (κ2) is 5.40. The highest BCUT2D eigenvalue weighted by atomic mass is 16.2. The van der Waals surface area contributed by atoms with E-state index in [1.807, 2.05) is 31.1 Å². The Morgan fingerprint density at radius 3 is 3.10 bits per heavy atom. The minimum absolute atomic E-state index is 0.0438. The quantitative estimate of drug-likeness (QED) is 0.876. The first-order valence-corrected chi connectivity index (χ1v) is 7.33. The van der Waals surface area contributed by atoms with Gasteiger partial charge in [0, 0.05) is 20.3 Å². The molecule has 1 amide bonds. The zero-order valence-corrected chi connectivity index (χ0v) is 12.1. The predicted molar refractivity (Wildman–Crippen MR) is 79.8 cm³/mol. The summed E-state index contributed by atoms with van der Waals surface area (Å²) >= 11 is 0. The van der Waals surface area contributed by atoms with Crippen LogP contribution in [0, 0.1) is 11.8 Å². The normalized spacial score (nSPS) is 28.2. The van der Waals surface area contributed by atoms with Gasteiger partial charge >= 0.3 is 0 Å². The fraction of sp³-hybridized carbons (Fsp3) is 0.600. The molecule has 1 aromatic heterocycles. The molecule has 0 aromatic carbocycles. The summed E-state index contributed by atoms with van der Waals surface area (Å²) < 4.78 is 0. The fourth-order valence-corrected chi connectivity index (χ4v) is 3.54. The molecule has 0 spiro atoms. The van der Waals surface area contributed by atoms with Crippen LogP contribution in [0.4, 0.5) is 11.5 Å². The first-order chi connectivity index (χ1) is 9.66. The average molecular weight is 274 g/mol. The molecule has 2 heterocycles. The number of amides is 1. The predicted octanol–water partition coefficient (Wildman–Crippen LogP) is 1.47. The van der Waals surface area contributed by atoms with E-state index in [4.69, 9.17) is 0 Å². The monoisotopic (exact) mass is 274 g/mol. The molecule has 0 bridgehead atoms. The van der Waals surface area contributed by atoms with Crippen LogP contribution >= 0.6 is 0 Å². The lowest BCUT2D eigenvalue weighted by Gasteiger charge is -2.20. The van der Waals surface area contributed by atoms with Crippen LogP contribution in [0.15, 0.2) is 18.3 Å². The van der Waals surface area contributed by atoms with E-state index in [9.17, 15) is 4.79 Å². The summed E-state index contributed by atoms with van der Waals surface area (Å²) in [5.41, 5.74) is 0.783. The summed E-state index contributed by atoms with van der Waals surface area (Å²) in [6.07, 6.45) is 5.43. The summed E-state index contributed by atoms with van der Waals surface area (Å²) in [7, 11) is 3.86. The number of anilines is 2. The number of carbonyl (C=O) groups is 1. The zero-order chi connectivity index (χ0) is 14.1. The number of nitrogens with zero attached hydrogens (tertiary/aromatic N) is 2. The smallest absolute Gasteiger partial charge is 0.241 e. The summed E-state index contributed by atoms with van der Waals surface area (Å²) in [5.74, 6) is 2.07. The fourth-order valence-electron chi connectivity index (χ4n) is 3.54. The molecule has 0 radical (unpaired) electrons. The molecule has 3 atom stereocenters. The van der Waals surface area contributed by atoms with E-state index in [2.05, 4.69) is 15.6 Å². The largest absolute Gasteiger partial charge is 0.361 e. The van der Waals surface area contributed by atoms with Gasteiger partial charge in [0.15, 0.2) is 5.82 Å². The number of aromatic nitrogens is 1. The van der Waals surface area contributed by atoms with Crippen LogP contribution in [0.25, 0.3) is 0 Å². The molecule has 2 aliphatic rings. The Morgan fingerprint density at radius 2 is 2.30 bits per heavy atom. The molecule has 1 saturated heterocycles. The van der Waals surface area contributed by atoms with Crippen LogP contribution in [-0.2, 0) is 4.79 Å². The topological polar surface area (TPSA) is 57.3 Å². The van der Waals surface area contributed by atoms with Crippen LogP contribution in [0.5, 0.6) is 0 Å². The van der Waals surface area contributed by atoms with Gasteiger partial charge in [-0.25, -0.2) is 4.98 Å².